The molecule has 0 aliphatic rings. The summed E-state index contributed by atoms with van der Waals surface area (Å²) in [5.41, 5.74) is 12.9. The maximum absolute atomic E-state index is 11.3. The number of hydrogen-bond donors (Lipinski definition) is 1. The van der Waals surface area contributed by atoms with E-state index in [4.69, 9.17) is 0 Å². The van der Waals surface area contributed by atoms with Crippen LogP contribution < -0.4 is 5.32 Å². The Hall–Kier alpha value is -4.32. The number of halogens is 1. The van der Waals surface area contributed by atoms with Gasteiger partial charge in [0.05, 0.1) is 16.7 Å². The van der Waals surface area contributed by atoms with Crippen molar-refractivity contribution in [3.8, 4) is 22.9 Å². The molecule has 255 valence electrons. The predicted octanol–water partition coefficient (Wildman–Crippen LogP) is 8.19. The van der Waals surface area contributed by atoms with Crippen LogP contribution in [0, 0.1) is 68.4 Å². The summed E-state index contributed by atoms with van der Waals surface area (Å²) < 4.78 is 3.80. The standard InChI is InChI=1S/C14H12BrN2O.2C12H15N3.Os/c1-10-5-6-16-13(7-10)11-3-2-4-12(8-11)17-14(18)9-15;2*1-8-5-6-13-12(7-8)15-11(4)9(2)10(3)14-15;/h2,4-8H,9H2,1H3,(H,17,18);2*5-7H,1-4H3;/q-1;;;+1. The number of anilines is 1. The Morgan fingerprint density at radius 3 is 1.57 bits per heavy atom. The van der Waals surface area contributed by atoms with Crippen LogP contribution in [0.4, 0.5) is 5.69 Å². The smallest absolute Gasteiger partial charge is 0.343 e. The largest absolute Gasteiger partial charge is 1.00 e. The van der Waals surface area contributed by atoms with E-state index in [1.165, 1.54) is 22.3 Å². The molecule has 0 saturated heterocycles. The van der Waals surface area contributed by atoms with E-state index in [0.717, 1.165) is 56.9 Å². The molecule has 1 amide bonds. The Labute approximate surface area is 310 Å². The molecule has 1 radical (unpaired) electrons. The van der Waals surface area contributed by atoms with Gasteiger partial charge in [0.1, 0.15) is 0 Å². The summed E-state index contributed by atoms with van der Waals surface area (Å²) in [5.74, 6) is 1.71. The van der Waals surface area contributed by atoms with Gasteiger partial charge in [0, 0.05) is 30.0 Å². The molecule has 49 heavy (non-hydrogen) atoms. The van der Waals surface area contributed by atoms with Crippen LogP contribution in [0.25, 0.3) is 22.9 Å². The monoisotopic (exact) mass is 897 g/mol. The fourth-order valence-corrected chi connectivity index (χ4v) is 4.87. The van der Waals surface area contributed by atoms with E-state index >= 15 is 0 Å². The molecule has 9 nitrogen and oxygen atoms in total. The fraction of sp³-hybridized carbons (Fsp3) is 0.263. The molecule has 11 heteroatoms. The van der Waals surface area contributed by atoms with Crippen LogP contribution in [0.2, 0.25) is 0 Å². The zero-order valence-electron chi connectivity index (χ0n) is 29.4. The van der Waals surface area contributed by atoms with Gasteiger partial charge in [0.15, 0.2) is 11.6 Å². The summed E-state index contributed by atoms with van der Waals surface area (Å²) in [6.45, 7) is 18.5. The summed E-state index contributed by atoms with van der Waals surface area (Å²) in [5, 5.41) is 12.0. The first-order valence-corrected chi connectivity index (χ1v) is 16.7. The quantitative estimate of drug-likeness (QED) is 0.138. The van der Waals surface area contributed by atoms with E-state index in [1.54, 1.807) is 18.3 Å². The molecule has 1 N–H and O–H groups in total. The molecule has 0 saturated carbocycles. The fourth-order valence-electron chi connectivity index (χ4n) is 4.73. The number of benzene rings is 1. The topological polar surface area (TPSA) is 103 Å². The second-order valence-corrected chi connectivity index (χ2v) is 12.3. The van der Waals surface area contributed by atoms with Crippen molar-refractivity contribution in [1.29, 1.82) is 0 Å². The first-order valence-electron chi connectivity index (χ1n) is 15.6. The van der Waals surface area contributed by atoms with E-state index in [2.05, 4.69) is 94.0 Å². The minimum atomic E-state index is -0.0793. The Morgan fingerprint density at radius 2 is 1.16 bits per heavy atom. The van der Waals surface area contributed by atoms with Gasteiger partial charge in [-0.3, -0.25) is 4.79 Å². The molecule has 0 bridgehead atoms. The number of hydrogen-bond acceptors (Lipinski definition) is 6. The van der Waals surface area contributed by atoms with Crippen molar-refractivity contribution in [2.75, 3.05) is 10.6 Å². The molecule has 6 aromatic rings. The first kappa shape index (κ1) is 39.1. The zero-order valence-corrected chi connectivity index (χ0v) is 33.5. The van der Waals surface area contributed by atoms with Gasteiger partial charge in [-0.25, -0.2) is 19.3 Å². The number of alkyl halides is 1. The van der Waals surface area contributed by atoms with E-state index in [0.29, 0.717) is 0 Å². The predicted molar refractivity (Wildman–Crippen MR) is 196 cm³/mol. The third-order valence-electron chi connectivity index (χ3n) is 7.94. The maximum atomic E-state index is 11.3. The third kappa shape index (κ3) is 10.3. The van der Waals surface area contributed by atoms with Crippen molar-refractivity contribution in [1.82, 2.24) is 34.5 Å². The van der Waals surface area contributed by atoms with Crippen LogP contribution in [0.5, 0.6) is 0 Å². The molecule has 0 unspecified atom stereocenters. The Morgan fingerprint density at radius 1 is 0.694 bits per heavy atom. The summed E-state index contributed by atoms with van der Waals surface area (Å²) in [4.78, 5) is 24.2. The van der Waals surface area contributed by atoms with Crippen molar-refractivity contribution in [3.05, 3.63) is 130 Å². The van der Waals surface area contributed by atoms with Gasteiger partial charge in [-0.05, 0) is 126 Å². The summed E-state index contributed by atoms with van der Waals surface area (Å²) >= 11 is 3.11. The van der Waals surface area contributed by atoms with Crippen LogP contribution in [0.15, 0.2) is 73.2 Å². The second kappa shape index (κ2) is 17.9. The Bertz CT molecular complexity index is 1940. The Kier molecular flexibility index (Phi) is 14.3. The van der Waals surface area contributed by atoms with E-state index in [-0.39, 0.29) is 31.0 Å². The van der Waals surface area contributed by atoms with Crippen molar-refractivity contribution in [2.24, 2.45) is 0 Å². The minimum absolute atomic E-state index is 0. The summed E-state index contributed by atoms with van der Waals surface area (Å²) in [7, 11) is 0. The van der Waals surface area contributed by atoms with E-state index in [9.17, 15) is 4.79 Å². The minimum Gasteiger partial charge on any atom is -0.343 e. The van der Waals surface area contributed by atoms with Gasteiger partial charge in [-0.1, -0.05) is 27.6 Å². The van der Waals surface area contributed by atoms with Gasteiger partial charge in [0.25, 0.3) is 0 Å². The second-order valence-electron chi connectivity index (χ2n) is 11.7. The molecule has 6 rings (SSSR count). The van der Waals surface area contributed by atoms with Gasteiger partial charge in [-0.2, -0.15) is 10.2 Å². The molecule has 0 aliphatic carbocycles. The normalized spacial score (nSPS) is 10.2. The molecule has 0 fully saturated rings. The maximum Gasteiger partial charge on any atom is 1.00 e. The van der Waals surface area contributed by atoms with Gasteiger partial charge in [-0.15, -0.1) is 29.8 Å². The first-order chi connectivity index (χ1) is 22.9. The summed E-state index contributed by atoms with van der Waals surface area (Å²) in [6, 6.07) is 20.6. The summed E-state index contributed by atoms with van der Waals surface area (Å²) in [6.07, 6.45) is 5.40. The van der Waals surface area contributed by atoms with E-state index in [1.807, 2.05) is 85.0 Å². The van der Waals surface area contributed by atoms with Crippen molar-refractivity contribution in [2.45, 2.75) is 62.3 Å². The van der Waals surface area contributed by atoms with Crippen LogP contribution in [-0.4, -0.2) is 45.8 Å². The Balaban J connectivity index is 0.000000198. The van der Waals surface area contributed by atoms with Crippen molar-refractivity contribution >= 4 is 27.5 Å². The number of nitrogens with one attached hydrogen (secondary N) is 1. The number of carbonyl (C=O) groups excluding carboxylic acids is 1. The number of pyridine rings is 3. The van der Waals surface area contributed by atoms with Crippen LogP contribution in [0.1, 0.15) is 50.6 Å². The molecule has 5 heterocycles. The van der Waals surface area contributed by atoms with Crippen molar-refractivity contribution in [3.63, 3.8) is 0 Å². The molecular weight excluding hydrogens is 855 g/mol. The number of nitrogens with zero attached hydrogens (tertiary/aromatic N) is 7. The average molecular weight is 897 g/mol. The van der Waals surface area contributed by atoms with Gasteiger partial charge < -0.3 is 10.3 Å². The van der Waals surface area contributed by atoms with Crippen LogP contribution >= 0.6 is 15.9 Å². The van der Waals surface area contributed by atoms with Gasteiger partial charge in [0.2, 0.25) is 5.91 Å². The van der Waals surface area contributed by atoms with Crippen molar-refractivity contribution < 1.29 is 24.6 Å². The van der Waals surface area contributed by atoms with Crippen LogP contribution in [-0.2, 0) is 24.6 Å². The zero-order chi connectivity index (χ0) is 35.0. The number of amides is 1. The number of aromatic nitrogens is 7. The molecular formula is C38H42BrN8OOs. The molecule has 0 atom stereocenters. The number of rotatable bonds is 5. The number of carbonyl (C=O) groups is 1. The van der Waals surface area contributed by atoms with E-state index < -0.39 is 0 Å². The number of aryl methyl sites for hydroxylation is 5. The average Bonchev–Trinajstić information content (AvgIpc) is 3.49. The molecule has 1 aromatic carbocycles. The third-order valence-corrected chi connectivity index (χ3v) is 8.45. The molecule has 5 aromatic heterocycles. The van der Waals surface area contributed by atoms with Gasteiger partial charge >= 0.3 is 19.8 Å². The van der Waals surface area contributed by atoms with Crippen LogP contribution in [0.3, 0.4) is 0 Å². The molecule has 0 aliphatic heterocycles. The SMILES string of the molecule is Cc1ccnc(-c2[c-]ccc(NC(=O)CBr)c2)c1.Cc1ccnc(-n2nc(C)c(C)c2C)c1.Cc1ccnc(-n2nc(C)c(C)c2C)c1.[Os+]. The molecule has 0 spiro atoms.